The molecule has 0 atom stereocenters. The average molecular weight is 254 g/mol. The molecule has 0 spiro atoms. The zero-order chi connectivity index (χ0) is 11.9. The van der Waals surface area contributed by atoms with E-state index in [2.05, 4.69) is 26.7 Å². The maximum atomic E-state index is 4.26. The summed E-state index contributed by atoms with van der Waals surface area (Å²) in [5.41, 5.74) is 1.13. The van der Waals surface area contributed by atoms with Crippen molar-refractivity contribution in [1.29, 1.82) is 0 Å². The third-order valence-corrected chi connectivity index (χ3v) is 3.89. The van der Waals surface area contributed by atoms with E-state index in [1.54, 1.807) is 0 Å². The second kappa shape index (κ2) is 6.91. The fourth-order valence-electron chi connectivity index (χ4n) is 2.19. The molecule has 0 unspecified atom stereocenters. The molecule has 5 heteroatoms. The van der Waals surface area contributed by atoms with Gasteiger partial charge in [-0.05, 0) is 32.4 Å². The van der Waals surface area contributed by atoms with Gasteiger partial charge < -0.3 is 5.32 Å². The zero-order valence-corrected chi connectivity index (χ0v) is 11.4. The van der Waals surface area contributed by atoms with Gasteiger partial charge in [-0.1, -0.05) is 24.3 Å². The van der Waals surface area contributed by atoms with Crippen LogP contribution in [0.1, 0.15) is 44.7 Å². The van der Waals surface area contributed by atoms with Crippen LogP contribution >= 0.6 is 11.5 Å². The van der Waals surface area contributed by atoms with Gasteiger partial charge in [-0.3, -0.25) is 4.90 Å². The van der Waals surface area contributed by atoms with Gasteiger partial charge in [0.15, 0.2) is 0 Å². The number of aromatic nitrogens is 2. The Hall–Kier alpha value is -0.680. The molecular weight excluding hydrogens is 232 g/mol. The van der Waals surface area contributed by atoms with Crippen molar-refractivity contribution in [3.8, 4) is 0 Å². The van der Waals surface area contributed by atoms with Crippen molar-refractivity contribution in [2.75, 3.05) is 25.0 Å². The monoisotopic (exact) mass is 254 g/mol. The fourth-order valence-corrected chi connectivity index (χ4v) is 2.79. The Kier molecular flexibility index (Phi) is 5.19. The molecular formula is C12H22N4S. The Morgan fingerprint density at radius 2 is 2.00 bits per heavy atom. The lowest BCUT2D eigenvalue weighted by Gasteiger charge is -2.18. The van der Waals surface area contributed by atoms with Crippen molar-refractivity contribution >= 4 is 16.5 Å². The molecule has 1 aromatic rings. The van der Waals surface area contributed by atoms with Crippen LogP contribution in [0.3, 0.4) is 0 Å². The lowest BCUT2D eigenvalue weighted by Crippen LogP contribution is -2.24. The molecule has 1 fully saturated rings. The topological polar surface area (TPSA) is 41.1 Å². The Morgan fingerprint density at radius 3 is 2.71 bits per heavy atom. The molecule has 1 saturated heterocycles. The van der Waals surface area contributed by atoms with E-state index in [1.807, 2.05) is 0 Å². The van der Waals surface area contributed by atoms with Crippen LogP contribution in [0.5, 0.6) is 0 Å². The van der Waals surface area contributed by atoms with Gasteiger partial charge in [-0.15, -0.1) is 5.10 Å². The maximum absolute atomic E-state index is 4.26. The first kappa shape index (κ1) is 12.8. The van der Waals surface area contributed by atoms with Crippen molar-refractivity contribution < 1.29 is 0 Å². The Bertz CT molecular complexity index is 318. The first-order valence-electron chi connectivity index (χ1n) is 6.67. The highest BCUT2D eigenvalue weighted by molar-refractivity contribution is 7.10. The molecule has 0 amide bonds. The number of anilines is 1. The van der Waals surface area contributed by atoms with E-state index in [1.165, 1.54) is 50.3 Å². The summed E-state index contributed by atoms with van der Waals surface area (Å²) in [6.07, 6.45) is 6.56. The first-order valence-corrected chi connectivity index (χ1v) is 7.45. The Labute approximate surface area is 108 Å². The number of nitrogens with zero attached hydrogens (tertiary/aromatic N) is 3. The molecule has 96 valence electrons. The van der Waals surface area contributed by atoms with Crippen molar-refractivity contribution in [2.24, 2.45) is 0 Å². The van der Waals surface area contributed by atoms with Crippen LogP contribution < -0.4 is 5.32 Å². The van der Waals surface area contributed by atoms with Crippen molar-refractivity contribution in [2.45, 2.75) is 45.6 Å². The van der Waals surface area contributed by atoms with Crippen LogP contribution in [0.4, 0.5) is 5.00 Å². The SMILES string of the molecule is CCCNc1snnc1CN1CCCCCC1. The summed E-state index contributed by atoms with van der Waals surface area (Å²) in [4.78, 5) is 2.51. The van der Waals surface area contributed by atoms with Gasteiger partial charge in [0.25, 0.3) is 0 Å². The molecule has 0 aromatic carbocycles. The minimum Gasteiger partial charge on any atom is -0.374 e. The molecule has 17 heavy (non-hydrogen) atoms. The van der Waals surface area contributed by atoms with E-state index in [4.69, 9.17) is 0 Å². The predicted molar refractivity (Wildman–Crippen MR) is 72.4 cm³/mol. The maximum Gasteiger partial charge on any atom is 0.134 e. The molecule has 0 aliphatic carbocycles. The molecule has 1 N–H and O–H groups in total. The summed E-state index contributed by atoms with van der Waals surface area (Å²) in [5, 5.41) is 8.84. The minimum absolute atomic E-state index is 0.961. The van der Waals surface area contributed by atoms with E-state index < -0.39 is 0 Å². The third kappa shape index (κ3) is 3.92. The summed E-state index contributed by atoms with van der Waals surface area (Å²) >= 11 is 1.48. The first-order chi connectivity index (χ1) is 8.40. The van der Waals surface area contributed by atoms with Crippen LogP contribution in [0, 0.1) is 0 Å². The minimum atomic E-state index is 0.961. The van der Waals surface area contributed by atoms with E-state index in [-0.39, 0.29) is 0 Å². The van der Waals surface area contributed by atoms with Gasteiger partial charge in [-0.25, -0.2) is 0 Å². The van der Waals surface area contributed by atoms with Crippen LogP contribution in [-0.4, -0.2) is 34.1 Å². The number of hydrogen-bond donors (Lipinski definition) is 1. The number of rotatable bonds is 5. The van der Waals surface area contributed by atoms with E-state index in [0.29, 0.717) is 0 Å². The highest BCUT2D eigenvalue weighted by Gasteiger charge is 2.14. The molecule has 4 nitrogen and oxygen atoms in total. The molecule has 1 aliphatic rings. The largest absolute Gasteiger partial charge is 0.374 e. The fraction of sp³-hybridized carbons (Fsp3) is 0.833. The van der Waals surface area contributed by atoms with Crippen molar-refractivity contribution in [1.82, 2.24) is 14.5 Å². The van der Waals surface area contributed by atoms with Gasteiger partial charge in [0.1, 0.15) is 10.7 Å². The second-order valence-electron chi connectivity index (χ2n) is 4.67. The van der Waals surface area contributed by atoms with Crippen LogP contribution in [-0.2, 0) is 6.54 Å². The zero-order valence-electron chi connectivity index (χ0n) is 10.6. The molecule has 0 radical (unpaired) electrons. The number of likely N-dealkylation sites (tertiary alicyclic amines) is 1. The molecule has 2 heterocycles. The highest BCUT2D eigenvalue weighted by Crippen LogP contribution is 2.20. The standard InChI is InChI=1S/C12H22N4S/c1-2-7-13-12-11(14-15-17-12)10-16-8-5-3-4-6-9-16/h13H,2-10H2,1H3. The lowest BCUT2D eigenvalue weighted by molar-refractivity contribution is 0.274. The predicted octanol–water partition coefficient (Wildman–Crippen LogP) is 2.74. The number of hydrogen-bond acceptors (Lipinski definition) is 5. The normalized spacial score (nSPS) is 17.9. The van der Waals surface area contributed by atoms with E-state index in [0.717, 1.165) is 30.2 Å². The quantitative estimate of drug-likeness (QED) is 0.877. The van der Waals surface area contributed by atoms with E-state index >= 15 is 0 Å². The average Bonchev–Trinajstić information content (AvgIpc) is 2.61. The summed E-state index contributed by atoms with van der Waals surface area (Å²) < 4.78 is 4.07. The molecule has 1 aliphatic heterocycles. The number of nitrogens with one attached hydrogen (secondary N) is 1. The van der Waals surface area contributed by atoms with Gasteiger partial charge in [-0.2, -0.15) is 0 Å². The smallest absolute Gasteiger partial charge is 0.134 e. The highest BCUT2D eigenvalue weighted by atomic mass is 32.1. The van der Waals surface area contributed by atoms with Gasteiger partial charge in [0, 0.05) is 24.6 Å². The molecule has 0 bridgehead atoms. The Balaban J connectivity index is 1.90. The summed E-state index contributed by atoms with van der Waals surface area (Å²) in [6.45, 7) is 6.57. The van der Waals surface area contributed by atoms with E-state index in [9.17, 15) is 0 Å². The Morgan fingerprint density at radius 1 is 1.24 bits per heavy atom. The van der Waals surface area contributed by atoms with Crippen LogP contribution in [0.15, 0.2) is 0 Å². The third-order valence-electron chi connectivity index (χ3n) is 3.16. The summed E-state index contributed by atoms with van der Waals surface area (Å²) in [7, 11) is 0. The van der Waals surface area contributed by atoms with Gasteiger partial charge in [0.2, 0.25) is 0 Å². The van der Waals surface area contributed by atoms with Crippen molar-refractivity contribution in [3.05, 3.63) is 5.69 Å². The summed E-state index contributed by atoms with van der Waals surface area (Å²) in [6, 6.07) is 0. The molecule has 2 rings (SSSR count). The van der Waals surface area contributed by atoms with Gasteiger partial charge in [0.05, 0.1) is 0 Å². The van der Waals surface area contributed by atoms with Crippen LogP contribution in [0.2, 0.25) is 0 Å². The van der Waals surface area contributed by atoms with Crippen LogP contribution in [0.25, 0.3) is 0 Å². The second-order valence-corrected chi connectivity index (χ2v) is 5.42. The van der Waals surface area contributed by atoms with Crippen molar-refractivity contribution in [3.63, 3.8) is 0 Å². The molecule has 1 aromatic heterocycles. The lowest BCUT2D eigenvalue weighted by atomic mass is 10.2. The summed E-state index contributed by atoms with van der Waals surface area (Å²) in [5.74, 6) is 0. The molecule has 0 saturated carbocycles. The van der Waals surface area contributed by atoms with Gasteiger partial charge >= 0.3 is 0 Å².